The molecule has 0 heterocycles. The van der Waals surface area contributed by atoms with Gasteiger partial charge in [0.15, 0.2) is 0 Å². The first kappa shape index (κ1) is 37.6. The normalized spacial score (nSPS) is 11.4. The zero-order valence-electron chi connectivity index (χ0n) is 23.2. The molecule has 0 fully saturated rings. The van der Waals surface area contributed by atoms with Gasteiger partial charge in [0.05, 0.1) is 0 Å². The summed E-state index contributed by atoms with van der Waals surface area (Å²) in [4.78, 5) is -1.08. The van der Waals surface area contributed by atoms with Crippen LogP contribution in [0.15, 0.2) is 46.2 Å². The summed E-state index contributed by atoms with van der Waals surface area (Å²) in [6.45, 7) is 4.35. The Balaban J connectivity index is 0.000000722. The number of rotatable bonds is 16. The SMILES string of the molecule is CCCCCCCCc1ccc(S(=O)(=O)O)c(O)c1.CCCCCCCCc1ccc(S(=O)(=O)[O-])c([O-])c1.[Mg+2]. The molecule has 0 aliphatic carbocycles. The van der Waals surface area contributed by atoms with Gasteiger partial charge in [-0.05, 0) is 55.0 Å². The molecule has 0 unspecified atom stereocenters. The van der Waals surface area contributed by atoms with Crippen molar-refractivity contribution in [2.75, 3.05) is 0 Å². The molecule has 0 bridgehead atoms. The smallest absolute Gasteiger partial charge is 0.872 e. The summed E-state index contributed by atoms with van der Waals surface area (Å²) in [6, 6.07) is 8.23. The predicted molar refractivity (Wildman–Crippen MR) is 152 cm³/mol. The van der Waals surface area contributed by atoms with E-state index < -0.39 is 35.8 Å². The summed E-state index contributed by atoms with van der Waals surface area (Å²) in [5, 5.41) is 21.0. The van der Waals surface area contributed by atoms with Crippen LogP contribution in [-0.2, 0) is 33.1 Å². The molecule has 0 aliphatic heterocycles. The predicted octanol–water partition coefficient (Wildman–Crippen LogP) is 5.73. The van der Waals surface area contributed by atoms with Crippen molar-refractivity contribution >= 4 is 43.3 Å². The van der Waals surface area contributed by atoms with Crippen LogP contribution in [0.3, 0.4) is 0 Å². The molecule has 0 aliphatic rings. The number of hydrogen-bond donors (Lipinski definition) is 2. The topological polar surface area (TPSA) is 155 Å². The molecule has 2 N–H and O–H groups in total. The molecule has 39 heavy (non-hydrogen) atoms. The molecule has 2 aromatic rings. The van der Waals surface area contributed by atoms with Crippen molar-refractivity contribution in [2.45, 2.75) is 114 Å². The summed E-state index contributed by atoms with van der Waals surface area (Å²) in [5.74, 6) is -1.08. The van der Waals surface area contributed by atoms with Crippen molar-refractivity contribution in [3.05, 3.63) is 47.5 Å². The van der Waals surface area contributed by atoms with E-state index in [9.17, 15) is 31.6 Å². The Morgan fingerprint density at radius 2 is 1.08 bits per heavy atom. The van der Waals surface area contributed by atoms with Crippen molar-refractivity contribution in [1.29, 1.82) is 0 Å². The average Bonchev–Trinajstić information content (AvgIpc) is 2.82. The van der Waals surface area contributed by atoms with Gasteiger partial charge in [-0.2, -0.15) is 8.42 Å². The van der Waals surface area contributed by atoms with E-state index in [4.69, 9.17) is 4.55 Å². The maximum absolute atomic E-state index is 11.5. The summed E-state index contributed by atoms with van der Waals surface area (Å²) in [7, 11) is -8.98. The van der Waals surface area contributed by atoms with Gasteiger partial charge in [0.2, 0.25) is 0 Å². The first-order valence-corrected chi connectivity index (χ1v) is 16.3. The zero-order valence-corrected chi connectivity index (χ0v) is 26.3. The fourth-order valence-corrected chi connectivity index (χ4v) is 5.17. The third kappa shape index (κ3) is 15.9. The zero-order chi connectivity index (χ0) is 28.6. The van der Waals surface area contributed by atoms with Crippen LogP contribution in [0.25, 0.3) is 0 Å². The van der Waals surface area contributed by atoms with Crippen LogP contribution >= 0.6 is 0 Å². The third-order valence-corrected chi connectivity index (χ3v) is 7.99. The van der Waals surface area contributed by atoms with Crippen molar-refractivity contribution in [3.63, 3.8) is 0 Å². The number of aryl methyl sites for hydroxylation is 2. The standard InChI is InChI=1S/2C14H22O4S.Mg/c2*1-2-3-4-5-6-7-8-12-9-10-14(13(15)11-12)19(16,17)18;/h2*9-11,15H,2-8H2,1H3,(H,16,17,18);/q;;+2/p-2. The third-order valence-electron chi connectivity index (χ3n) is 6.22. The largest absolute Gasteiger partial charge is 2.00 e. The number of aromatic hydroxyl groups is 1. The first-order chi connectivity index (χ1) is 17.9. The summed E-state index contributed by atoms with van der Waals surface area (Å²) < 4.78 is 63.0. The second-order valence-corrected chi connectivity index (χ2v) is 12.3. The quantitative estimate of drug-likeness (QED) is 0.142. The number of hydrogen-bond acceptors (Lipinski definition) is 7. The van der Waals surface area contributed by atoms with E-state index in [0.29, 0.717) is 0 Å². The average molecular weight is 595 g/mol. The van der Waals surface area contributed by atoms with Gasteiger partial charge in [0.1, 0.15) is 20.8 Å². The molecular formula is C28H42MgO8S2. The van der Waals surface area contributed by atoms with Gasteiger partial charge in [-0.25, -0.2) is 8.42 Å². The van der Waals surface area contributed by atoms with Crippen LogP contribution < -0.4 is 5.11 Å². The van der Waals surface area contributed by atoms with Crippen molar-refractivity contribution in [1.82, 2.24) is 0 Å². The molecule has 0 amide bonds. The minimum absolute atomic E-state index is 0. The van der Waals surface area contributed by atoms with E-state index in [1.807, 2.05) is 0 Å². The van der Waals surface area contributed by atoms with Gasteiger partial charge in [0, 0.05) is 4.90 Å². The van der Waals surface area contributed by atoms with Crippen LogP contribution in [0.4, 0.5) is 0 Å². The fraction of sp³-hybridized carbons (Fsp3) is 0.571. The van der Waals surface area contributed by atoms with Crippen molar-refractivity contribution in [2.24, 2.45) is 0 Å². The van der Waals surface area contributed by atoms with Gasteiger partial charge in [-0.3, -0.25) is 4.55 Å². The molecule has 2 rings (SSSR count). The minimum atomic E-state index is -4.65. The van der Waals surface area contributed by atoms with Gasteiger partial charge < -0.3 is 14.8 Å². The van der Waals surface area contributed by atoms with E-state index in [-0.39, 0.29) is 28.8 Å². The number of phenols is 1. The summed E-state index contributed by atoms with van der Waals surface area (Å²) >= 11 is 0. The van der Waals surface area contributed by atoms with Gasteiger partial charge in [-0.1, -0.05) is 102 Å². The Kier molecular flexibility index (Phi) is 19.0. The maximum atomic E-state index is 11.5. The van der Waals surface area contributed by atoms with E-state index in [1.54, 1.807) is 12.1 Å². The summed E-state index contributed by atoms with van der Waals surface area (Å²) in [6.07, 6.45) is 15.7. The molecule has 0 saturated carbocycles. The van der Waals surface area contributed by atoms with Crippen LogP contribution in [0, 0.1) is 0 Å². The Morgan fingerprint density at radius 1 is 0.667 bits per heavy atom. The van der Waals surface area contributed by atoms with Crippen molar-refractivity contribution < 1.29 is 36.2 Å². The Labute approximate surface area is 250 Å². The van der Waals surface area contributed by atoms with E-state index >= 15 is 0 Å². The van der Waals surface area contributed by atoms with Crippen LogP contribution in [-0.4, -0.2) is 54.1 Å². The second kappa shape index (κ2) is 19.7. The molecule has 0 atom stereocenters. The van der Waals surface area contributed by atoms with E-state index in [0.717, 1.165) is 55.7 Å². The maximum Gasteiger partial charge on any atom is 2.00 e. The number of phenolic OH excluding ortho intramolecular Hbond substituents is 1. The Morgan fingerprint density at radius 3 is 1.46 bits per heavy atom. The molecule has 0 spiro atoms. The van der Waals surface area contributed by atoms with Crippen LogP contribution in [0.5, 0.6) is 11.5 Å². The van der Waals surface area contributed by atoms with Gasteiger partial charge >= 0.3 is 23.1 Å². The number of unbranched alkanes of at least 4 members (excludes halogenated alkanes) is 10. The molecule has 0 aromatic heterocycles. The van der Waals surface area contributed by atoms with Crippen LogP contribution in [0.1, 0.15) is 102 Å². The molecule has 2 aromatic carbocycles. The molecular weight excluding hydrogens is 553 g/mol. The van der Waals surface area contributed by atoms with E-state index in [2.05, 4.69) is 13.8 Å². The van der Waals surface area contributed by atoms with Crippen LogP contribution in [0.2, 0.25) is 0 Å². The molecule has 216 valence electrons. The second-order valence-electron chi connectivity index (χ2n) is 9.55. The fourth-order valence-electron chi connectivity index (χ4n) is 4.07. The monoisotopic (exact) mass is 594 g/mol. The Hall–Kier alpha value is -1.37. The molecule has 8 nitrogen and oxygen atoms in total. The number of benzene rings is 2. The first-order valence-electron chi connectivity index (χ1n) is 13.4. The summed E-state index contributed by atoms with van der Waals surface area (Å²) in [5.41, 5.74) is 1.69. The van der Waals surface area contributed by atoms with Crippen molar-refractivity contribution in [3.8, 4) is 11.5 Å². The molecule has 11 heteroatoms. The Bertz CT molecular complexity index is 1090. The molecule has 0 saturated heterocycles. The molecule has 0 radical (unpaired) electrons. The van der Waals surface area contributed by atoms with Gasteiger partial charge in [-0.15, -0.1) is 0 Å². The minimum Gasteiger partial charge on any atom is -0.872 e. The van der Waals surface area contributed by atoms with E-state index in [1.165, 1.54) is 69.6 Å². The van der Waals surface area contributed by atoms with Gasteiger partial charge in [0.25, 0.3) is 10.1 Å².